The Hall–Kier alpha value is -3.55. The Morgan fingerprint density at radius 3 is 2.33 bits per heavy atom. The highest BCUT2D eigenvalue weighted by atomic mass is 35.5. The van der Waals surface area contributed by atoms with E-state index in [-0.39, 0.29) is 5.92 Å². The average molecular weight is 644 g/mol. The molecule has 0 amide bonds. The molecule has 1 saturated heterocycles. The van der Waals surface area contributed by atoms with Gasteiger partial charge in [-0.3, -0.25) is 9.89 Å². The highest BCUT2D eigenvalue weighted by molar-refractivity contribution is 6.33. The maximum Gasteiger partial charge on any atom is 0.128 e. The monoisotopic (exact) mass is 643 g/mol. The summed E-state index contributed by atoms with van der Waals surface area (Å²) in [4.78, 5) is 14.3. The first-order valence-corrected chi connectivity index (χ1v) is 17.1. The van der Waals surface area contributed by atoms with Crippen LogP contribution in [0.25, 0.3) is 5.70 Å². The number of nitrogen functional groups attached to an aromatic ring is 1. The second kappa shape index (κ2) is 15.8. The second-order valence-corrected chi connectivity index (χ2v) is 13.8. The third-order valence-electron chi connectivity index (χ3n) is 9.21. The van der Waals surface area contributed by atoms with E-state index in [1.54, 1.807) is 6.20 Å². The third-order valence-corrected chi connectivity index (χ3v) is 9.53. The fourth-order valence-electron chi connectivity index (χ4n) is 6.04. The van der Waals surface area contributed by atoms with Crippen LogP contribution >= 0.6 is 11.6 Å². The Balaban J connectivity index is 1.57. The minimum atomic E-state index is -0.0149. The summed E-state index contributed by atoms with van der Waals surface area (Å²) in [5.41, 5.74) is 22.1. The maximum atomic E-state index is 6.83. The Labute approximate surface area is 282 Å². The highest BCUT2D eigenvalue weighted by Gasteiger charge is 2.27. The van der Waals surface area contributed by atoms with E-state index in [4.69, 9.17) is 28.1 Å². The molecule has 1 saturated carbocycles. The fourth-order valence-corrected chi connectivity index (χ4v) is 6.25. The van der Waals surface area contributed by atoms with E-state index >= 15 is 0 Å². The molecule has 1 aliphatic heterocycles. The molecule has 2 aromatic rings. The van der Waals surface area contributed by atoms with Crippen molar-refractivity contribution in [1.82, 2.24) is 4.90 Å². The smallest absolute Gasteiger partial charge is 0.128 e. The first kappa shape index (κ1) is 35.3. The molecule has 7 nitrogen and oxygen atoms in total. The molecule has 46 heavy (non-hydrogen) atoms. The molecule has 2 fully saturated rings. The number of halogens is 1. The van der Waals surface area contributed by atoms with Gasteiger partial charge in [0.25, 0.3) is 0 Å². The van der Waals surface area contributed by atoms with Crippen LogP contribution in [0.5, 0.6) is 0 Å². The summed E-state index contributed by atoms with van der Waals surface area (Å²) in [6.07, 6.45) is 7.19. The lowest BCUT2D eigenvalue weighted by atomic mass is 9.84. The number of benzene rings is 2. The lowest BCUT2D eigenvalue weighted by Gasteiger charge is -2.36. The van der Waals surface area contributed by atoms with Crippen LogP contribution in [0.15, 0.2) is 70.4 Å². The maximum absolute atomic E-state index is 6.83. The minimum Gasteiger partial charge on any atom is -0.397 e. The number of piperazine rings is 1. The number of amidine groups is 1. The number of allylic oxidation sites excluding steroid dienone is 2. The van der Waals surface area contributed by atoms with Gasteiger partial charge in [0.15, 0.2) is 0 Å². The summed E-state index contributed by atoms with van der Waals surface area (Å²) >= 11 is 6.83. The first-order chi connectivity index (χ1) is 21.9. The topological polar surface area (TPSA) is 95.3 Å². The van der Waals surface area contributed by atoms with Crippen LogP contribution in [-0.2, 0) is 6.42 Å². The van der Waals surface area contributed by atoms with E-state index in [2.05, 4.69) is 71.7 Å². The van der Waals surface area contributed by atoms with Crippen LogP contribution in [0, 0.1) is 11.8 Å². The molecule has 0 radical (unpaired) electrons. The Kier molecular flexibility index (Phi) is 12.2. The van der Waals surface area contributed by atoms with Crippen molar-refractivity contribution in [2.45, 2.75) is 73.6 Å². The molecule has 0 bridgehead atoms. The zero-order chi connectivity index (χ0) is 33.5. The number of nitrogens with two attached hydrogens (primary N) is 2. The number of nitrogens with zero attached hydrogens (tertiary/aromatic N) is 4. The molecule has 1 atom stereocenters. The van der Waals surface area contributed by atoms with Crippen molar-refractivity contribution in [3.63, 3.8) is 0 Å². The van der Waals surface area contributed by atoms with Crippen molar-refractivity contribution in [3.05, 3.63) is 82.2 Å². The molecule has 8 heteroatoms. The van der Waals surface area contributed by atoms with Gasteiger partial charge >= 0.3 is 0 Å². The van der Waals surface area contributed by atoms with Gasteiger partial charge in [0, 0.05) is 84.5 Å². The van der Waals surface area contributed by atoms with Crippen molar-refractivity contribution >= 4 is 45.9 Å². The van der Waals surface area contributed by atoms with Crippen LogP contribution in [0.4, 0.5) is 17.1 Å². The van der Waals surface area contributed by atoms with Crippen LogP contribution in [0.1, 0.15) is 83.9 Å². The first-order valence-electron chi connectivity index (χ1n) is 16.7. The van der Waals surface area contributed by atoms with Gasteiger partial charge in [-0.1, -0.05) is 45.0 Å². The second-order valence-electron chi connectivity index (χ2n) is 13.4. The van der Waals surface area contributed by atoms with Gasteiger partial charge in [-0.25, -0.2) is 4.99 Å². The summed E-state index contributed by atoms with van der Waals surface area (Å²) in [7, 11) is 0. The molecule has 2 aromatic carbocycles. The van der Waals surface area contributed by atoms with E-state index in [0.29, 0.717) is 22.5 Å². The molecule has 1 unspecified atom stereocenters. The molecule has 1 heterocycles. The number of nitrogens with one attached hydrogen (secondary N) is 1. The number of hydrogen-bond acceptors (Lipinski definition) is 6. The average Bonchev–Trinajstić information content (AvgIpc) is 3.85. The molecule has 1 aliphatic carbocycles. The van der Waals surface area contributed by atoms with Gasteiger partial charge in [-0.05, 0) is 100 Å². The molecule has 0 aromatic heterocycles. The standard InChI is InChI=1S/C38H54ClN7/c1-9-16-42-38(41)26(5)28(7)43-27(6)25(4)33-22-35(39)37(40)36(34(33)21-24(2)3)29(8)44-31-12-14-32(15-13-31)46-19-17-45(18-20-46)23-30-10-11-30/h9,12-16,22,24-25,30,44H,8,10-11,17-21,23,40H2,1-7H3,(H2,41,42)/b16-9-,28-26+,43-27+. The van der Waals surface area contributed by atoms with Gasteiger partial charge in [0.05, 0.1) is 10.7 Å². The molecular formula is C38H54ClN7. The number of hydrogen-bond donors (Lipinski definition) is 3. The molecule has 4 rings (SSSR count). The highest BCUT2D eigenvalue weighted by Crippen LogP contribution is 2.39. The third kappa shape index (κ3) is 9.04. The summed E-state index contributed by atoms with van der Waals surface area (Å²) in [6, 6.07) is 10.7. The van der Waals surface area contributed by atoms with Crippen molar-refractivity contribution in [3.8, 4) is 0 Å². The van der Waals surface area contributed by atoms with Crippen LogP contribution in [0.2, 0.25) is 5.02 Å². The summed E-state index contributed by atoms with van der Waals surface area (Å²) in [6.45, 7) is 24.6. The molecule has 5 N–H and O–H groups in total. The minimum absolute atomic E-state index is 0.0149. The van der Waals surface area contributed by atoms with Crippen molar-refractivity contribution in [1.29, 1.82) is 0 Å². The molecular weight excluding hydrogens is 590 g/mol. The Morgan fingerprint density at radius 2 is 1.74 bits per heavy atom. The lowest BCUT2D eigenvalue weighted by Crippen LogP contribution is -2.47. The quantitative estimate of drug-likeness (QED) is 0.116. The Bertz CT molecular complexity index is 1500. The van der Waals surface area contributed by atoms with Crippen LogP contribution < -0.4 is 21.7 Å². The van der Waals surface area contributed by atoms with Gasteiger partial charge in [-0.15, -0.1) is 0 Å². The van der Waals surface area contributed by atoms with E-state index in [1.165, 1.54) is 25.1 Å². The summed E-state index contributed by atoms with van der Waals surface area (Å²) in [5.74, 6) is 1.78. The van der Waals surface area contributed by atoms with Crippen molar-refractivity contribution < 1.29 is 0 Å². The zero-order valence-electron chi connectivity index (χ0n) is 29.0. The van der Waals surface area contributed by atoms with Crippen LogP contribution in [0.3, 0.4) is 0 Å². The molecule has 0 spiro atoms. The van der Waals surface area contributed by atoms with Crippen molar-refractivity contribution in [2.24, 2.45) is 27.6 Å². The van der Waals surface area contributed by atoms with E-state index in [1.807, 2.05) is 39.8 Å². The predicted octanol–water partition coefficient (Wildman–Crippen LogP) is 8.48. The Morgan fingerprint density at radius 1 is 1.09 bits per heavy atom. The number of anilines is 3. The lowest BCUT2D eigenvalue weighted by molar-refractivity contribution is 0.248. The largest absolute Gasteiger partial charge is 0.397 e. The van der Waals surface area contributed by atoms with Gasteiger partial charge < -0.3 is 21.7 Å². The SMILES string of the molecule is C=C(Nc1ccc(N2CCN(CC3CC3)CC2)cc1)c1c(N)c(Cl)cc(C(C)/C(C)=N/C(C)=C(C)/C(N)=N\C=C/C)c1CC(C)C. The number of rotatable bonds is 13. The molecule has 2 aliphatic rings. The summed E-state index contributed by atoms with van der Waals surface area (Å²) < 4.78 is 0. The van der Waals surface area contributed by atoms with Crippen LogP contribution in [-0.4, -0.2) is 49.2 Å². The predicted molar refractivity (Wildman–Crippen MR) is 201 cm³/mol. The van der Waals surface area contributed by atoms with E-state index in [0.717, 1.165) is 83.6 Å². The zero-order valence-corrected chi connectivity index (χ0v) is 29.7. The summed E-state index contributed by atoms with van der Waals surface area (Å²) in [5, 5.41) is 4.06. The van der Waals surface area contributed by atoms with Gasteiger partial charge in [0.1, 0.15) is 5.84 Å². The molecule has 248 valence electrons. The fraction of sp³-hybridized carbons (Fsp3) is 0.474. The van der Waals surface area contributed by atoms with E-state index in [9.17, 15) is 0 Å². The van der Waals surface area contributed by atoms with Gasteiger partial charge in [-0.2, -0.15) is 0 Å². The normalized spacial score (nSPS) is 17.9. The van der Waals surface area contributed by atoms with E-state index < -0.39 is 0 Å². The van der Waals surface area contributed by atoms with Gasteiger partial charge in [0.2, 0.25) is 0 Å². The number of aliphatic imine (C=N–C) groups is 2. The van der Waals surface area contributed by atoms with Crippen molar-refractivity contribution in [2.75, 3.05) is 48.7 Å².